The van der Waals surface area contributed by atoms with Crippen LogP contribution in [0.3, 0.4) is 0 Å². The molecule has 13 heavy (non-hydrogen) atoms. The summed E-state index contributed by atoms with van der Waals surface area (Å²) in [7, 11) is 0. The van der Waals surface area contributed by atoms with Crippen LogP contribution < -0.4 is 4.74 Å². The predicted octanol–water partition coefficient (Wildman–Crippen LogP) is 2.74. The van der Waals surface area contributed by atoms with Crippen molar-refractivity contribution in [1.82, 2.24) is 0 Å². The smallest absolute Gasteiger partial charge is 0.122 e. The minimum Gasteiger partial charge on any atom is -0.508 e. The maximum atomic E-state index is 9.12. The molecule has 1 aromatic carbocycles. The maximum Gasteiger partial charge on any atom is 0.122 e. The fourth-order valence-corrected chi connectivity index (χ4v) is 0.916. The minimum atomic E-state index is 0.229. The molecular weight excluding hydrogens is 164 g/mol. The highest BCUT2D eigenvalue weighted by molar-refractivity contribution is 5.31. The van der Waals surface area contributed by atoms with Crippen molar-refractivity contribution in [3.63, 3.8) is 0 Å². The highest BCUT2D eigenvalue weighted by Crippen LogP contribution is 2.17. The standard InChI is InChI=1S/C11H14O2/c1-9(2)6-7-13-11-5-3-4-10(12)8-11/h3-5,8,12H,1,6-7H2,2H3. The van der Waals surface area contributed by atoms with Crippen molar-refractivity contribution in [2.24, 2.45) is 0 Å². The van der Waals surface area contributed by atoms with Gasteiger partial charge in [-0.15, -0.1) is 6.58 Å². The number of phenols is 1. The monoisotopic (exact) mass is 178 g/mol. The number of ether oxygens (including phenoxy) is 1. The molecule has 0 aliphatic carbocycles. The first-order chi connectivity index (χ1) is 6.18. The van der Waals surface area contributed by atoms with Crippen LogP contribution in [0.25, 0.3) is 0 Å². The van der Waals surface area contributed by atoms with Crippen LogP contribution >= 0.6 is 0 Å². The Morgan fingerprint density at radius 2 is 2.31 bits per heavy atom. The van der Waals surface area contributed by atoms with Crippen LogP contribution in [0.4, 0.5) is 0 Å². The lowest BCUT2D eigenvalue weighted by Crippen LogP contribution is -1.96. The molecule has 0 aliphatic heterocycles. The second kappa shape index (κ2) is 4.55. The molecule has 1 N–H and O–H groups in total. The molecule has 0 bridgehead atoms. The molecule has 1 rings (SSSR count). The third-order valence-corrected chi connectivity index (χ3v) is 1.62. The van der Waals surface area contributed by atoms with Gasteiger partial charge in [-0.3, -0.25) is 0 Å². The Morgan fingerprint density at radius 1 is 1.54 bits per heavy atom. The van der Waals surface area contributed by atoms with Crippen LogP contribution in [0.1, 0.15) is 13.3 Å². The molecule has 0 heterocycles. The summed E-state index contributed by atoms with van der Waals surface area (Å²) in [5, 5.41) is 9.12. The third-order valence-electron chi connectivity index (χ3n) is 1.62. The van der Waals surface area contributed by atoms with E-state index in [0.29, 0.717) is 12.4 Å². The van der Waals surface area contributed by atoms with Crippen molar-refractivity contribution in [2.75, 3.05) is 6.61 Å². The molecule has 0 spiro atoms. The predicted molar refractivity (Wildman–Crippen MR) is 53.0 cm³/mol. The number of hydrogen-bond acceptors (Lipinski definition) is 2. The van der Waals surface area contributed by atoms with Gasteiger partial charge in [0, 0.05) is 12.5 Å². The van der Waals surface area contributed by atoms with Gasteiger partial charge in [-0.1, -0.05) is 11.6 Å². The number of phenolic OH excluding ortho intramolecular Hbond substituents is 1. The molecule has 0 atom stereocenters. The molecule has 0 amide bonds. The van der Waals surface area contributed by atoms with E-state index < -0.39 is 0 Å². The van der Waals surface area contributed by atoms with E-state index in [1.165, 1.54) is 0 Å². The zero-order valence-corrected chi connectivity index (χ0v) is 7.79. The first-order valence-electron chi connectivity index (χ1n) is 4.24. The van der Waals surface area contributed by atoms with Gasteiger partial charge in [-0.25, -0.2) is 0 Å². The number of rotatable bonds is 4. The van der Waals surface area contributed by atoms with E-state index in [0.717, 1.165) is 12.0 Å². The highest BCUT2D eigenvalue weighted by Gasteiger charge is 1.94. The Hall–Kier alpha value is -1.44. The molecule has 2 nitrogen and oxygen atoms in total. The summed E-state index contributed by atoms with van der Waals surface area (Å²) in [6.07, 6.45) is 0.843. The average Bonchev–Trinajstić information content (AvgIpc) is 2.03. The molecule has 0 unspecified atom stereocenters. The fraction of sp³-hybridized carbons (Fsp3) is 0.273. The van der Waals surface area contributed by atoms with Gasteiger partial charge in [0.1, 0.15) is 11.5 Å². The van der Waals surface area contributed by atoms with Gasteiger partial charge < -0.3 is 9.84 Å². The maximum absolute atomic E-state index is 9.12. The fourth-order valence-electron chi connectivity index (χ4n) is 0.916. The molecule has 2 heteroatoms. The lowest BCUT2D eigenvalue weighted by Gasteiger charge is -2.05. The summed E-state index contributed by atoms with van der Waals surface area (Å²) < 4.78 is 5.38. The second-order valence-corrected chi connectivity index (χ2v) is 3.05. The zero-order chi connectivity index (χ0) is 9.68. The van der Waals surface area contributed by atoms with Crippen molar-refractivity contribution < 1.29 is 9.84 Å². The Morgan fingerprint density at radius 3 is 2.92 bits per heavy atom. The van der Waals surface area contributed by atoms with Gasteiger partial charge in [0.15, 0.2) is 0 Å². The molecule has 0 saturated heterocycles. The second-order valence-electron chi connectivity index (χ2n) is 3.05. The van der Waals surface area contributed by atoms with Crippen molar-refractivity contribution in [1.29, 1.82) is 0 Å². The summed E-state index contributed by atoms with van der Waals surface area (Å²) in [5.74, 6) is 0.925. The summed E-state index contributed by atoms with van der Waals surface area (Å²) in [5.41, 5.74) is 1.10. The summed E-state index contributed by atoms with van der Waals surface area (Å²) in [6.45, 7) is 6.35. The molecule has 0 radical (unpaired) electrons. The van der Waals surface area contributed by atoms with Crippen molar-refractivity contribution in [2.45, 2.75) is 13.3 Å². The largest absolute Gasteiger partial charge is 0.508 e. The SMILES string of the molecule is C=C(C)CCOc1cccc(O)c1. The van der Waals surface area contributed by atoms with Crippen molar-refractivity contribution >= 4 is 0 Å². The molecule has 0 aliphatic rings. The first-order valence-corrected chi connectivity index (χ1v) is 4.24. The van der Waals surface area contributed by atoms with Gasteiger partial charge in [0.25, 0.3) is 0 Å². The van der Waals surface area contributed by atoms with E-state index in [1.54, 1.807) is 18.2 Å². The van der Waals surface area contributed by atoms with Crippen LogP contribution in [0.15, 0.2) is 36.4 Å². The van der Waals surface area contributed by atoms with Gasteiger partial charge in [0.05, 0.1) is 6.61 Å². The van der Waals surface area contributed by atoms with Crippen LogP contribution in [-0.2, 0) is 0 Å². The van der Waals surface area contributed by atoms with Crippen molar-refractivity contribution in [3.05, 3.63) is 36.4 Å². The topological polar surface area (TPSA) is 29.5 Å². The molecular formula is C11H14O2. The molecule has 0 saturated carbocycles. The van der Waals surface area contributed by atoms with Crippen molar-refractivity contribution in [3.8, 4) is 11.5 Å². The molecule has 0 aromatic heterocycles. The first kappa shape index (κ1) is 9.65. The minimum absolute atomic E-state index is 0.229. The number of aromatic hydroxyl groups is 1. The van der Waals surface area contributed by atoms with Crippen LogP contribution in [0, 0.1) is 0 Å². The number of benzene rings is 1. The van der Waals surface area contributed by atoms with Crippen LogP contribution in [-0.4, -0.2) is 11.7 Å². The van der Waals surface area contributed by atoms with E-state index in [4.69, 9.17) is 9.84 Å². The Kier molecular flexibility index (Phi) is 3.38. The van der Waals surface area contributed by atoms with Gasteiger partial charge in [0.2, 0.25) is 0 Å². The molecule has 0 fully saturated rings. The Labute approximate surface area is 78.5 Å². The Balaban J connectivity index is 2.41. The van der Waals surface area contributed by atoms with Gasteiger partial charge in [-0.2, -0.15) is 0 Å². The molecule has 1 aromatic rings. The Bertz CT molecular complexity index is 292. The zero-order valence-electron chi connectivity index (χ0n) is 7.79. The summed E-state index contributed by atoms with van der Waals surface area (Å²) in [6, 6.07) is 6.79. The van der Waals surface area contributed by atoms with E-state index in [-0.39, 0.29) is 5.75 Å². The highest BCUT2D eigenvalue weighted by atomic mass is 16.5. The van der Waals surface area contributed by atoms with E-state index >= 15 is 0 Å². The van der Waals surface area contributed by atoms with Crippen LogP contribution in [0.5, 0.6) is 11.5 Å². The molecule has 70 valence electrons. The summed E-state index contributed by atoms with van der Waals surface area (Å²) in [4.78, 5) is 0. The van der Waals surface area contributed by atoms with Crippen LogP contribution in [0.2, 0.25) is 0 Å². The van der Waals surface area contributed by atoms with E-state index in [1.807, 2.05) is 13.0 Å². The summed E-state index contributed by atoms with van der Waals surface area (Å²) >= 11 is 0. The lowest BCUT2D eigenvalue weighted by atomic mass is 10.2. The van der Waals surface area contributed by atoms with E-state index in [2.05, 4.69) is 6.58 Å². The number of hydrogen-bond donors (Lipinski definition) is 1. The van der Waals surface area contributed by atoms with E-state index in [9.17, 15) is 0 Å². The average molecular weight is 178 g/mol. The third kappa shape index (κ3) is 3.65. The normalized spacial score (nSPS) is 9.62. The quantitative estimate of drug-likeness (QED) is 0.718. The lowest BCUT2D eigenvalue weighted by molar-refractivity contribution is 0.320. The van der Waals surface area contributed by atoms with Gasteiger partial charge in [-0.05, 0) is 19.1 Å². The van der Waals surface area contributed by atoms with Gasteiger partial charge >= 0.3 is 0 Å².